The molecule has 0 aliphatic carbocycles. The maximum absolute atomic E-state index is 13.6. The molecule has 3 rings (SSSR count). The first-order valence-electron chi connectivity index (χ1n) is 14.0. The number of aliphatic hydroxyl groups excluding tert-OH is 1. The van der Waals surface area contributed by atoms with Crippen LogP contribution in [0.3, 0.4) is 0 Å². The summed E-state index contributed by atoms with van der Waals surface area (Å²) < 4.78 is 0. The molecule has 1 aliphatic rings. The van der Waals surface area contributed by atoms with Gasteiger partial charge in [-0.25, -0.2) is 0 Å². The fraction of sp³-hybridized carbons (Fsp3) is 0.379. The van der Waals surface area contributed by atoms with E-state index in [-0.39, 0.29) is 43.9 Å². The lowest BCUT2D eigenvalue weighted by atomic mass is 10.0. The van der Waals surface area contributed by atoms with E-state index >= 15 is 0 Å². The number of amides is 5. The Morgan fingerprint density at radius 1 is 0.727 bits per heavy atom. The van der Waals surface area contributed by atoms with Crippen molar-refractivity contribution in [2.24, 2.45) is 16.5 Å². The van der Waals surface area contributed by atoms with Crippen molar-refractivity contribution >= 4 is 35.5 Å². The van der Waals surface area contributed by atoms with Crippen LogP contribution in [0, 0.1) is 0 Å². The van der Waals surface area contributed by atoms with Crippen molar-refractivity contribution in [3.05, 3.63) is 65.7 Å². The Hall–Kier alpha value is -5.18. The molecule has 5 amide bonds. The number of aliphatic imine (C=N–C) groups is 1. The van der Waals surface area contributed by atoms with Gasteiger partial charge in [0, 0.05) is 19.4 Å². The van der Waals surface area contributed by atoms with Gasteiger partial charge in [0.1, 0.15) is 29.9 Å². The summed E-state index contributed by atoms with van der Waals surface area (Å²) in [6.07, 6.45) is 0.388. The molecule has 0 spiro atoms. The van der Waals surface area contributed by atoms with Crippen LogP contribution in [0.5, 0.6) is 5.75 Å². The van der Waals surface area contributed by atoms with E-state index in [0.29, 0.717) is 11.1 Å². The molecule has 0 aromatic heterocycles. The van der Waals surface area contributed by atoms with Crippen LogP contribution in [0.25, 0.3) is 0 Å². The standard InChI is InChI=1S/C29H38N8O7/c30-29(31)32-12-4-7-20-26(42)36-22(13-17-5-2-1-3-6-17)28(44)37-23(16-38)25(41)33-15-24(40)34-21(27(43)35-20)14-18-8-10-19(39)11-9-18/h1-3,5-6,8-11,20-23,38-39H,4,7,12-16H2,(H,33,41)(H,34,40)(H,35,43)(H,36,42)(H,37,44)(H4,30,31,32)/t20-,21-,22-,23-/m0/s1. The van der Waals surface area contributed by atoms with Crippen LogP contribution >= 0.6 is 0 Å². The van der Waals surface area contributed by atoms with Crippen molar-refractivity contribution in [1.29, 1.82) is 0 Å². The van der Waals surface area contributed by atoms with Gasteiger partial charge in [-0.1, -0.05) is 42.5 Å². The summed E-state index contributed by atoms with van der Waals surface area (Å²) >= 11 is 0. The second-order valence-corrected chi connectivity index (χ2v) is 10.2. The summed E-state index contributed by atoms with van der Waals surface area (Å²) in [7, 11) is 0. The average Bonchev–Trinajstić information content (AvgIpc) is 3.00. The van der Waals surface area contributed by atoms with Crippen molar-refractivity contribution < 1.29 is 34.2 Å². The molecular formula is C29H38N8O7. The Bertz CT molecular complexity index is 1330. The minimum absolute atomic E-state index is 0.00984. The summed E-state index contributed by atoms with van der Waals surface area (Å²) in [5.74, 6) is -3.86. The van der Waals surface area contributed by atoms with Crippen molar-refractivity contribution in [2.45, 2.75) is 49.9 Å². The van der Waals surface area contributed by atoms with E-state index in [4.69, 9.17) is 11.5 Å². The number of phenols is 1. The third-order valence-corrected chi connectivity index (χ3v) is 6.76. The number of nitrogens with two attached hydrogens (primary N) is 2. The van der Waals surface area contributed by atoms with E-state index in [0.717, 1.165) is 0 Å². The predicted molar refractivity (Wildman–Crippen MR) is 160 cm³/mol. The summed E-state index contributed by atoms with van der Waals surface area (Å²) in [5.41, 5.74) is 12.1. The highest BCUT2D eigenvalue weighted by molar-refractivity contribution is 5.97. The molecule has 0 radical (unpaired) electrons. The Balaban J connectivity index is 1.95. The van der Waals surface area contributed by atoms with Crippen LogP contribution in [0.4, 0.5) is 0 Å². The molecule has 0 unspecified atom stereocenters. The predicted octanol–water partition coefficient (Wildman–Crippen LogP) is -2.71. The lowest BCUT2D eigenvalue weighted by Crippen LogP contribution is -2.58. The van der Waals surface area contributed by atoms with E-state index in [1.165, 1.54) is 12.1 Å². The maximum atomic E-state index is 13.6. The molecule has 44 heavy (non-hydrogen) atoms. The molecule has 236 valence electrons. The number of benzene rings is 2. The van der Waals surface area contributed by atoms with Gasteiger partial charge in [0.15, 0.2) is 5.96 Å². The van der Waals surface area contributed by atoms with Gasteiger partial charge >= 0.3 is 0 Å². The maximum Gasteiger partial charge on any atom is 0.245 e. The fourth-order valence-electron chi connectivity index (χ4n) is 4.46. The molecular weight excluding hydrogens is 572 g/mol. The van der Waals surface area contributed by atoms with Gasteiger partial charge < -0.3 is 48.3 Å². The van der Waals surface area contributed by atoms with Crippen LogP contribution < -0.4 is 38.1 Å². The van der Waals surface area contributed by atoms with Crippen LogP contribution in [-0.4, -0.2) is 89.6 Å². The molecule has 1 saturated heterocycles. The first-order chi connectivity index (χ1) is 21.0. The number of aliphatic hydroxyl groups is 1. The molecule has 1 aliphatic heterocycles. The second kappa shape index (κ2) is 16.5. The lowest BCUT2D eigenvalue weighted by Gasteiger charge is -2.26. The molecule has 15 heteroatoms. The van der Waals surface area contributed by atoms with Crippen LogP contribution in [0.15, 0.2) is 59.6 Å². The van der Waals surface area contributed by atoms with E-state index in [1.807, 2.05) is 0 Å². The van der Waals surface area contributed by atoms with Crippen molar-refractivity contribution in [1.82, 2.24) is 26.6 Å². The second-order valence-electron chi connectivity index (χ2n) is 10.2. The molecule has 4 atom stereocenters. The number of nitrogens with zero attached hydrogens (tertiary/aromatic N) is 1. The zero-order valence-corrected chi connectivity index (χ0v) is 24.0. The number of rotatable bonds is 9. The monoisotopic (exact) mass is 610 g/mol. The number of phenolic OH excluding ortho intramolecular Hbond substituents is 1. The third-order valence-electron chi connectivity index (χ3n) is 6.76. The van der Waals surface area contributed by atoms with Gasteiger partial charge in [0.2, 0.25) is 29.5 Å². The number of carbonyl (C=O) groups is 5. The van der Waals surface area contributed by atoms with Crippen LogP contribution in [-0.2, 0) is 36.8 Å². The van der Waals surface area contributed by atoms with Gasteiger partial charge in [0.25, 0.3) is 0 Å². The lowest BCUT2D eigenvalue weighted by molar-refractivity contribution is -0.134. The largest absolute Gasteiger partial charge is 0.508 e. The normalized spacial score (nSPS) is 21.8. The minimum Gasteiger partial charge on any atom is -0.508 e. The Morgan fingerprint density at radius 3 is 1.89 bits per heavy atom. The van der Waals surface area contributed by atoms with E-state index < -0.39 is 66.9 Å². The number of carbonyl (C=O) groups excluding carboxylic acids is 5. The molecule has 0 saturated carbocycles. The summed E-state index contributed by atoms with van der Waals surface area (Å²) in [4.78, 5) is 69.9. The molecule has 15 nitrogen and oxygen atoms in total. The zero-order valence-electron chi connectivity index (χ0n) is 24.0. The minimum atomic E-state index is -1.42. The highest BCUT2D eigenvalue weighted by atomic mass is 16.3. The van der Waals surface area contributed by atoms with Gasteiger partial charge in [-0.2, -0.15) is 0 Å². The van der Waals surface area contributed by atoms with Gasteiger partial charge in [-0.05, 0) is 36.1 Å². The fourth-order valence-corrected chi connectivity index (χ4v) is 4.46. The molecule has 11 N–H and O–H groups in total. The molecule has 0 bridgehead atoms. The highest BCUT2D eigenvalue weighted by Gasteiger charge is 2.32. The van der Waals surface area contributed by atoms with Crippen molar-refractivity contribution in [3.8, 4) is 5.75 Å². The smallest absolute Gasteiger partial charge is 0.245 e. The van der Waals surface area contributed by atoms with Gasteiger partial charge in [0.05, 0.1) is 13.2 Å². The Labute approximate surface area is 253 Å². The van der Waals surface area contributed by atoms with E-state index in [1.54, 1.807) is 42.5 Å². The first kappa shape index (κ1) is 33.3. The van der Waals surface area contributed by atoms with Gasteiger partial charge in [-0.15, -0.1) is 0 Å². The first-order valence-corrected chi connectivity index (χ1v) is 14.0. The zero-order chi connectivity index (χ0) is 32.1. The molecule has 2 aromatic carbocycles. The number of aromatic hydroxyl groups is 1. The van der Waals surface area contributed by atoms with E-state index in [2.05, 4.69) is 31.6 Å². The number of hydrogen-bond donors (Lipinski definition) is 9. The summed E-state index contributed by atoms with van der Waals surface area (Å²) in [6, 6.07) is 9.85. The SMILES string of the molecule is NC(N)=NCCC[C@@H]1NC(=O)[C@H](Cc2ccc(O)cc2)NC(=O)CNC(=O)[C@H](CO)NC(=O)[C@H](Cc2ccccc2)NC1=O. The topological polar surface area (TPSA) is 250 Å². The van der Waals surface area contributed by atoms with Crippen molar-refractivity contribution in [2.75, 3.05) is 19.7 Å². The number of guanidine groups is 1. The number of nitrogens with one attached hydrogen (secondary N) is 5. The third kappa shape index (κ3) is 10.6. The molecule has 1 fully saturated rings. The van der Waals surface area contributed by atoms with E-state index in [9.17, 15) is 34.2 Å². The molecule has 1 heterocycles. The average molecular weight is 611 g/mol. The van der Waals surface area contributed by atoms with Crippen LogP contribution in [0.2, 0.25) is 0 Å². The number of hydrogen-bond acceptors (Lipinski definition) is 8. The summed E-state index contributed by atoms with van der Waals surface area (Å²) in [6.45, 7) is -1.17. The van der Waals surface area contributed by atoms with Crippen molar-refractivity contribution in [3.63, 3.8) is 0 Å². The highest BCUT2D eigenvalue weighted by Crippen LogP contribution is 2.12. The molecule has 2 aromatic rings. The van der Waals surface area contributed by atoms with Crippen LogP contribution in [0.1, 0.15) is 24.0 Å². The van der Waals surface area contributed by atoms with Gasteiger partial charge in [-0.3, -0.25) is 29.0 Å². The Kier molecular flexibility index (Phi) is 12.5. The Morgan fingerprint density at radius 2 is 1.27 bits per heavy atom. The summed E-state index contributed by atoms with van der Waals surface area (Å²) in [5, 5.41) is 32.1. The quantitative estimate of drug-likeness (QED) is 0.0812.